The van der Waals surface area contributed by atoms with Crippen molar-refractivity contribution in [1.82, 2.24) is 4.98 Å². The number of hydrogen-bond donors (Lipinski definition) is 0. The van der Waals surface area contributed by atoms with Crippen LogP contribution < -0.4 is 4.74 Å². The van der Waals surface area contributed by atoms with E-state index in [-0.39, 0.29) is 11.6 Å². The van der Waals surface area contributed by atoms with E-state index in [0.29, 0.717) is 0 Å². The molecule has 0 aromatic carbocycles. The maximum Gasteiger partial charge on any atom is 0.416 e. The average Bonchev–Trinajstić information content (AvgIpc) is 2.18. The fraction of sp³-hybridized carbons (Fsp3) is 0.500. The quantitative estimate of drug-likeness (QED) is 0.724. The standard InChI is InChI=1S/C8H8F3NO.C2H6/c1-5-3-6(8(9,10)11)4-7(12-5)13-2;1-2/h3-4H,1-2H3;1-2H3. The Hall–Kier alpha value is -1.26. The van der Waals surface area contributed by atoms with Crippen LogP contribution in [0.3, 0.4) is 0 Å². The number of hydrogen-bond acceptors (Lipinski definition) is 2. The summed E-state index contributed by atoms with van der Waals surface area (Å²) in [5.74, 6) is -0.0210. The van der Waals surface area contributed by atoms with E-state index in [0.717, 1.165) is 12.1 Å². The highest BCUT2D eigenvalue weighted by Gasteiger charge is 2.31. The summed E-state index contributed by atoms with van der Waals surface area (Å²) in [4.78, 5) is 3.74. The number of halogens is 3. The number of rotatable bonds is 1. The SMILES string of the molecule is CC.COc1cc(C(F)(F)F)cc(C)n1. The molecule has 0 atom stereocenters. The number of ether oxygens (including phenoxy) is 1. The van der Waals surface area contributed by atoms with Crippen molar-refractivity contribution in [3.63, 3.8) is 0 Å². The third-order valence-electron chi connectivity index (χ3n) is 1.47. The topological polar surface area (TPSA) is 22.1 Å². The third kappa shape index (κ3) is 4.18. The molecule has 0 aliphatic heterocycles. The zero-order chi connectivity index (χ0) is 12.1. The van der Waals surface area contributed by atoms with E-state index in [2.05, 4.69) is 9.72 Å². The van der Waals surface area contributed by atoms with Crippen molar-refractivity contribution in [2.45, 2.75) is 26.9 Å². The Morgan fingerprint density at radius 1 is 1.20 bits per heavy atom. The lowest BCUT2D eigenvalue weighted by Gasteiger charge is -2.08. The van der Waals surface area contributed by atoms with Gasteiger partial charge in [0, 0.05) is 11.8 Å². The predicted molar refractivity (Wildman–Crippen MR) is 51.9 cm³/mol. The van der Waals surface area contributed by atoms with Gasteiger partial charge in [0.1, 0.15) is 0 Å². The number of methoxy groups -OCH3 is 1. The maximum absolute atomic E-state index is 12.2. The van der Waals surface area contributed by atoms with Gasteiger partial charge in [-0.05, 0) is 13.0 Å². The minimum absolute atomic E-state index is 0.0210. The molecule has 0 radical (unpaired) electrons. The van der Waals surface area contributed by atoms with Crippen LogP contribution in [0.4, 0.5) is 13.2 Å². The summed E-state index contributed by atoms with van der Waals surface area (Å²) in [5, 5.41) is 0. The van der Waals surface area contributed by atoms with Gasteiger partial charge in [0.15, 0.2) is 0 Å². The van der Waals surface area contributed by atoms with Crippen LogP contribution in [-0.2, 0) is 6.18 Å². The summed E-state index contributed by atoms with van der Waals surface area (Å²) < 4.78 is 41.2. The molecule has 5 heteroatoms. The number of nitrogens with zero attached hydrogens (tertiary/aromatic N) is 1. The van der Waals surface area contributed by atoms with Crippen LogP contribution in [0.25, 0.3) is 0 Å². The second-order valence-corrected chi connectivity index (χ2v) is 2.54. The first-order valence-electron chi connectivity index (χ1n) is 4.53. The molecule has 86 valence electrons. The minimum atomic E-state index is -4.35. The van der Waals surface area contributed by atoms with Crippen molar-refractivity contribution in [3.8, 4) is 5.88 Å². The molecule has 15 heavy (non-hydrogen) atoms. The molecule has 0 aliphatic rings. The average molecular weight is 221 g/mol. The molecule has 0 spiro atoms. The zero-order valence-electron chi connectivity index (χ0n) is 9.14. The van der Waals surface area contributed by atoms with E-state index in [9.17, 15) is 13.2 Å². The predicted octanol–water partition coefficient (Wildman–Crippen LogP) is 3.44. The van der Waals surface area contributed by atoms with E-state index < -0.39 is 11.7 Å². The van der Waals surface area contributed by atoms with Crippen molar-refractivity contribution in [1.29, 1.82) is 0 Å². The maximum atomic E-state index is 12.2. The molecular weight excluding hydrogens is 207 g/mol. The highest BCUT2D eigenvalue weighted by Crippen LogP contribution is 2.31. The largest absolute Gasteiger partial charge is 0.481 e. The summed E-state index contributed by atoms with van der Waals surface area (Å²) >= 11 is 0. The van der Waals surface area contributed by atoms with Gasteiger partial charge in [-0.3, -0.25) is 0 Å². The van der Waals surface area contributed by atoms with Crippen molar-refractivity contribution in [2.75, 3.05) is 7.11 Å². The van der Waals surface area contributed by atoms with E-state index in [1.807, 2.05) is 13.8 Å². The Labute approximate surface area is 87.1 Å². The van der Waals surface area contributed by atoms with E-state index in [4.69, 9.17) is 0 Å². The van der Waals surface area contributed by atoms with Gasteiger partial charge in [-0.25, -0.2) is 4.98 Å². The van der Waals surface area contributed by atoms with Crippen molar-refractivity contribution in [2.24, 2.45) is 0 Å². The van der Waals surface area contributed by atoms with Gasteiger partial charge >= 0.3 is 6.18 Å². The first kappa shape index (κ1) is 13.7. The highest BCUT2D eigenvalue weighted by atomic mass is 19.4. The van der Waals surface area contributed by atoms with Crippen LogP contribution in [0.1, 0.15) is 25.1 Å². The van der Waals surface area contributed by atoms with Crippen LogP contribution in [-0.4, -0.2) is 12.1 Å². The lowest BCUT2D eigenvalue weighted by molar-refractivity contribution is -0.137. The molecular formula is C10H14F3NO. The molecule has 1 heterocycles. The smallest absolute Gasteiger partial charge is 0.416 e. The molecule has 0 N–H and O–H groups in total. The van der Waals surface area contributed by atoms with E-state index in [1.54, 1.807) is 0 Å². The molecule has 0 unspecified atom stereocenters. The Morgan fingerprint density at radius 3 is 2.13 bits per heavy atom. The summed E-state index contributed by atoms with van der Waals surface area (Å²) in [6, 6.07) is 1.84. The molecule has 0 bridgehead atoms. The van der Waals surface area contributed by atoms with Gasteiger partial charge in [-0.1, -0.05) is 13.8 Å². The van der Waals surface area contributed by atoms with Gasteiger partial charge in [0.2, 0.25) is 5.88 Å². The number of pyridine rings is 1. The number of aryl methyl sites for hydroxylation is 1. The zero-order valence-corrected chi connectivity index (χ0v) is 9.14. The summed E-state index contributed by atoms with van der Waals surface area (Å²) in [6.07, 6.45) is -4.35. The Balaban J connectivity index is 0.000000921. The number of alkyl halides is 3. The monoisotopic (exact) mass is 221 g/mol. The highest BCUT2D eigenvalue weighted by molar-refractivity contribution is 5.26. The summed E-state index contributed by atoms with van der Waals surface area (Å²) in [7, 11) is 1.28. The van der Waals surface area contributed by atoms with Gasteiger partial charge < -0.3 is 4.74 Å². The van der Waals surface area contributed by atoms with Crippen LogP contribution in [0.5, 0.6) is 5.88 Å². The molecule has 0 saturated heterocycles. The van der Waals surface area contributed by atoms with Crippen LogP contribution in [0.2, 0.25) is 0 Å². The Kier molecular flexibility index (Phi) is 5.11. The van der Waals surface area contributed by atoms with E-state index >= 15 is 0 Å². The molecule has 1 aromatic rings. The van der Waals surface area contributed by atoms with Crippen molar-refractivity contribution in [3.05, 3.63) is 23.4 Å². The fourth-order valence-electron chi connectivity index (χ4n) is 0.906. The van der Waals surface area contributed by atoms with Crippen LogP contribution in [0.15, 0.2) is 12.1 Å². The fourth-order valence-corrected chi connectivity index (χ4v) is 0.906. The summed E-state index contributed by atoms with van der Waals surface area (Å²) in [6.45, 7) is 5.48. The van der Waals surface area contributed by atoms with E-state index in [1.165, 1.54) is 14.0 Å². The molecule has 1 rings (SSSR count). The van der Waals surface area contributed by atoms with Crippen LogP contribution >= 0.6 is 0 Å². The normalized spacial score (nSPS) is 10.3. The molecule has 0 fully saturated rings. The third-order valence-corrected chi connectivity index (χ3v) is 1.47. The first-order chi connectivity index (χ1) is 6.93. The minimum Gasteiger partial charge on any atom is -0.481 e. The molecule has 1 aromatic heterocycles. The second-order valence-electron chi connectivity index (χ2n) is 2.54. The number of aromatic nitrogens is 1. The molecule has 0 saturated carbocycles. The Bertz CT molecular complexity index is 310. The van der Waals surface area contributed by atoms with Crippen LogP contribution in [0, 0.1) is 6.92 Å². The lowest BCUT2D eigenvalue weighted by atomic mass is 10.2. The van der Waals surface area contributed by atoms with Gasteiger partial charge in [-0.2, -0.15) is 13.2 Å². The molecule has 0 amide bonds. The van der Waals surface area contributed by atoms with Crippen molar-refractivity contribution < 1.29 is 17.9 Å². The second kappa shape index (κ2) is 5.58. The summed E-state index contributed by atoms with van der Waals surface area (Å²) in [5.41, 5.74) is -0.455. The Morgan fingerprint density at radius 2 is 1.73 bits per heavy atom. The molecule has 0 aliphatic carbocycles. The lowest BCUT2D eigenvalue weighted by Crippen LogP contribution is -2.06. The van der Waals surface area contributed by atoms with Crippen molar-refractivity contribution >= 4 is 0 Å². The van der Waals surface area contributed by atoms with Gasteiger partial charge in [0.25, 0.3) is 0 Å². The van der Waals surface area contributed by atoms with Gasteiger partial charge in [-0.15, -0.1) is 0 Å². The molecule has 2 nitrogen and oxygen atoms in total. The first-order valence-corrected chi connectivity index (χ1v) is 4.53. The van der Waals surface area contributed by atoms with Gasteiger partial charge in [0.05, 0.1) is 12.7 Å².